The maximum absolute atomic E-state index is 13.7. The third kappa shape index (κ3) is 4.46. The van der Waals surface area contributed by atoms with Gasteiger partial charge in [-0.15, -0.1) is 0 Å². The number of halogens is 3. The third-order valence-corrected chi connectivity index (χ3v) is 5.61. The van der Waals surface area contributed by atoms with E-state index in [4.69, 9.17) is 0 Å². The number of hydrogen-bond acceptors (Lipinski definition) is 4. The molecule has 0 aliphatic heterocycles. The lowest BCUT2D eigenvalue weighted by Gasteiger charge is -2.11. The summed E-state index contributed by atoms with van der Waals surface area (Å²) < 4.78 is 44.3. The van der Waals surface area contributed by atoms with Gasteiger partial charge < -0.3 is 5.32 Å². The van der Waals surface area contributed by atoms with Crippen molar-refractivity contribution in [2.75, 3.05) is 5.32 Å². The van der Waals surface area contributed by atoms with Gasteiger partial charge in [0.1, 0.15) is 6.54 Å². The molecule has 1 saturated carbocycles. The average Bonchev–Trinajstić information content (AvgIpc) is 3.40. The maximum Gasteiger partial charge on any atom is 0.417 e. The monoisotopic (exact) mass is 454 g/mol. The van der Waals surface area contributed by atoms with Crippen LogP contribution in [0.2, 0.25) is 0 Å². The minimum atomic E-state index is -4.53. The van der Waals surface area contributed by atoms with Crippen molar-refractivity contribution < 1.29 is 18.0 Å². The number of aryl methyl sites for hydroxylation is 1. The maximum atomic E-state index is 13.7. The largest absolute Gasteiger partial charge is 0.417 e. The third-order valence-electron chi connectivity index (χ3n) is 5.61. The van der Waals surface area contributed by atoms with Crippen molar-refractivity contribution in [2.45, 2.75) is 44.9 Å². The van der Waals surface area contributed by atoms with Crippen LogP contribution >= 0.6 is 0 Å². The molecule has 1 aromatic carbocycles. The van der Waals surface area contributed by atoms with E-state index in [0.29, 0.717) is 17.9 Å². The number of aromatic nitrogens is 5. The number of pyridine rings is 1. The van der Waals surface area contributed by atoms with E-state index in [1.54, 1.807) is 16.9 Å². The highest BCUT2D eigenvalue weighted by atomic mass is 19.4. The normalized spacial score (nSPS) is 14.1. The van der Waals surface area contributed by atoms with E-state index in [0.717, 1.165) is 24.5 Å². The number of benzene rings is 1. The second-order valence-corrected chi connectivity index (χ2v) is 8.26. The molecule has 7 nitrogen and oxygen atoms in total. The molecule has 0 spiro atoms. The van der Waals surface area contributed by atoms with Gasteiger partial charge >= 0.3 is 6.18 Å². The summed E-state index contributed by atoms with van der Waals surface area (Å²) in [5.74, 6) is -0.367. The minimum absolute atomic E-state index is 0.0329. The van der Waals surface area contributed by atoms with Crippen LogP contribution in [0, 0.1) is 6.92 Å². The molecule has 0 atom stereocenters. The van der Waals surface area contributed by atoms with Crippen LogP contribution < -0.4 is 5.32 Å². The van der Waals surface area contributed by atoms with Crippen molar-refractivity contribution >= 4 is 22.6 Å². The molecule has 0 saturated heterocycles. The highest BCUT2D eigenvalue weighted by Crippen LogP contribution is 2.43. The highest BCUT2D eigenvalue weighted by molar-refractivity contribution is 5.92. The summed E-state index contributed by atoms with van der Waals surface area (Å²) in [6.07, 6.45) is 0.640. The van der Waals surface area contributed by atoms with Gasteiger partial charge in [0.15, 0.2) is 5.65 Å². The minimum Gasteiger partial charge on any atom is -0.324 e. The zero-order valence-electron chi connectivity index (χ0n) is 17.8. The fourth-order valence-corrected chi connectivity index (χ4v) is 3.96. The molecule has 1 amide bonds. The molecule has 170 valence electrons. The molecule has 3 heterocycles. The number of nitrogens with zero attached hydrogens (tertiary/aromatic N) is 5. The first-order valence-electron chi connectivity index (χ1n) is 10.6. The summed E-state index contributed by atoms with van der Waals surface area (Å²) in [7, 11) is 0. The van der Waals surface area contributed by atoms with Crippen molar-refractivity contribution in [1.82, 2.24) is 24.5 Å². The Hall–Kier alpha value is -3.69. The SMILES string of the molecule is Cc1nn(CC(=O)Nc2cccc(Cn3cccn3)c2)c2nc(C3CC3)cc(C(F)(F)F)c12. The number of nitrogens with one attached hydrogen (secondary N) is 1. The number of fused-ring (bicyclic) bond motifs is 1. The van der Waals surface area contributed by atoms with Crippen LogP contribution in [-0.2, 0) is 24.1 Å². The van der Waals surface area contributed by atoms with Gasteiger partial charge in [0.2, 0.25) is 5.91 Å². The number of hydrogen-bond donors (Lipinski definition) is 1. The number of amides is 1. The molecule has 1 fully saturated rings. The van der Waals surface area contributed by atoms with Crippen LogP contribution in [0.1, 0.15) is 41.3 Å². The molecular weight excluding hydrogens is 433 g/mol. The van der Waals surface area contributed by atoms with E-state index in [1.807, 2.05) is 30.5 Å². The first-order valence-corrected chi connectivity index (χ1v) is 10.6. The highest BCUT2D eigenvalue weighted by Gasteiger charge is 2.37. The quantitative estimate of drug-likeness (QED) is 0.465. The Bertz CT molecular complexity index is 1320. The summed E-state index contributed by atoms with van der Waals surface area (Å²) >= 11 is 0. The fraction of sp³-hybridized carbons (Fsp3) is 0.304. The Morgan fingerprint density at radius 1 is 1.21 bits per heavy atom. The van der Waals surface area contributed by atoms with Gasteiger partial charge in [-0.25, -0.2) is 9.67 Å². The lowest BCUT2D eigenvalue weighted by atomic mass is 10.1. The molecule has 1 N–H and O–H groups in total. The van der Waals surface area contributed by atoms with Gasteiger partial charge in [-0.1, -0.05) is 12.1 Å². The molecular formula is C23H21F3N6O. The summed E-state index contributed by atoms with van der Waals surface area (Å²) in [4.78, 5) is 17.2. The van der Waals surface area contributed by atoms with E-state index in [9.17, 15) is 18.0 Å². The predicted octanol–water partition coefficient (Wildman–Crippen LogP) is 4.52. The van der Waals surface area contributed by atoms with Gasteiger partial charge in [0.05, 0.1) is 23.2 Å². The Labute approximate surface area is 187 Å². The van der Waals surface area contributed by atoms with Crippen molar-refractivity contribution in [3.63, 3.8) is 0 Å². The Kier molecular flexibility index (Phi) is 5.15. The molecule has 33 heavy (non-hydrogen) atoms. The van der Waals surface area contributed by atoms with Crippen molar-refractivity contribution in [3.8, 4) is 0 Å². The smallest absolute Gasteiger partial charge is 0.324 e. The number of anilines is 1. The van der Waals surface area contributed by atoms with Crippen LogP contribution in [0.4, 0.5) is 18.9 Å². The van der Waals surface area contributed by atoms with Gasteiger partial charge in [0.25, 0.3) is 0 Å². The summed E-state index contributed by atoms with van der Waals surface area (Å²) in [5, 5.41) is 11.1. The predicted molar refractivity (Wildman–Crippen MR) is 116 cm³/mol. The van der Waals surface area contributed by atoms with Crippen LogP contribution in [0.5, 0.6) is 0 Å². The molecule has 1 aliphatic rings. The van der Waals surface area contributed by atoms with E-state index in [2.05, 4.69) is 20.5 Å². The second kappa shape index (κ2) is 8.02. The summed E-state index contributed by atoms with van der Waals surface area (Å²) in [6, 6.07) is 10.3. The Balaban J connectivity index is 1.40. The van der Waals surface area contributed by atoms with Crippen molar-refractivity contribution in [2.24, 2.45) is 0 Å². The lowest BCUT2D eigenvalue weighted by molar-refractivity contribution is -0.136. The van der Waals surface area contributed by atoms with Gasteiger partial charge in [-0.3, -0.25) is 9.48 Å². The molecule has 10 heteroatoms. The van der Waals surface area contributed by atoms with Crippen molar-refractivity contribution in [1.29, 1.82) is 0 Å². The van der Waals surface area contributed by atoms with Crippen LogP contribution in [0.3, 0.4) is 0 Å². The molecule has 3 aromatic heterocycles. The fourth-order valence-electron chi connectivity index (χ4n) is 3.96. The van der Waals surface area contributed by atoms with Gasteiger partial charge in [-0.2, -0.15) is 23.4 Å². The Morgan fingerprint density at radius 3 is 2.73 bits per heavy atom. The van der Waals surface area contributed by atoms with E-state index in [1.165, 1.54) is 11.6 Å². The molecule has 0 unspecified atom stereocenters. The van der Waals surface area contributed by atoms with Crippen molar-refractivity contribution in [3.05, 3.63) is 71.3 Å². The molecule has 0 radical (unpaired) electrons. The zero-order chi connectivity index (χ0) is 23.2. The molecule has 1 aliphatic carbocycles. The topological polar surface area (TPSA) is 77.6 Å². The number of carbonyl (C=O) groups excluding carboxylic acids is 1. The summed E-state index contributed by atoms with van der Waals surface area (Å²) in [5.41, 5.74) is 1.48. The number of carbonyl (C=O) groups is 1. The van der Waals surface area contributed by atoms with E-state index in [-0.39, 0.29) is 29.2 Å². The summed E-state index contributed by atoms with van der Waals surface area (Å²) in [6.45, 7) is 1.81. The Morgan fingerprint density at radius 2 is 2.03 bits per heavy atom. The lowest BCUT2D eigenvalue weighted by Crippen LogP contribution is -2.20. The van der Waals surface area contributed by atoms with Crippen LogP contribution in [0.15, 0.2) is 48.8 Å². The van der Waals surface area contributed by atoms with E-state index >= 15 is 0 Å². The number of rotatable bonds is 6. The standard InChI is InChI=1S/C23H21F3N6O/c1-14-21-18(23(24,25)26)11-19(16-6-7-16)29-22(21)32(30-14)13-20(33)28-17-5-2-4-15(10-17)12-31-9-3-8-27-31/h2-5,8-11,16H,6-7,12-13H2,1H3,(H,28,33). The molecule has 5 rings (SSSR count). The van der Waals surface area contributed by atoms with Crippen LogP contribution in [0.25, 0.3) is 11.0 Å². The van der Waals surface area contributed by atoms with Gasteiger partial charge in [0, 0.05) is 29.7 Å². The second-order valence-electron chi connectivity index (χ2n) is 8.26. The first-order chi connectivity index (χ1) is 15.8. The molecule has 4 aromatic rings. The van der Waals surface area contributed by atoms with Gasteiger partial charge in [-0.05, 0) is 49.6 Å². The average molecular weight is 454 g/mol. The zero-order valence-corrected chi connectivity index (χ0v) is 17.8. The first kappa shape index (κ1) is 21.2. The number of alkyl halides is 3. The van der Waals surface area contributed by atoms with E-state index < -0.39 is 17.6 Å². The molecule has 0 bridgehead atoms. The van der Waals surface area contributed by atoms with Crippen LogP contribution in [-0.4, -0.2) is 30.5 Å².